The van der Waals surface area contributed by atoms with E-state index in [1.807, 2.05) is 36.4 Å². The minimum Gasteiger partial charge on any atom is -0.343 e. The molecule has 0 unspecified atom stereocenters. The summed E-state index contributed by atoms with van der Waals surface area (Å²) in [6.45, 7) is 0.755. The van der Waals surface area contributed by atoms with Crippen LogP contribution in [0.4, 0.5) is 0 Å². The quantitative estimate of drug-likeness (QED) is 0.362. The van der Waals surface area contributed by atoms with Crippen LogP contribution < -0.4 is 0 Å². The van der Waals surface area contributed by atoms with E-state index in [1.54, 1.807) is 17.8 Å². The fourth-order valence-corrected chi connectivity index (χ4v) is 4.46. The molecule has 0 atom stereocenters. The van der Waals surface area contributed by atoms with Crippen molar-refractivity contribution in [1.82, 2.24) is 4.57 Å². The van der Waals surface area contributed by atoms with E-state index >= 15 is 0 Å². The Balaban J connectivity index is 1.65. The van der Waals surface area contributed by atoms with E-state index in [0.717, 1.165) is 27.4 Å². The molecule has 0 bridgehead atoms. The van der Waals surface area contributed by atoms with Gasteiger partial charge in [-0.25, -0.2) is 0 Å². The van der Waals surface area contributed by atoms with Crippen LogP contribution in [-0.4, -0.2) is 4.57 Å². The van der Waals surface area contributed by atoms with Gasteiger partial charge in [0.05, 0.1) is 16.7 Å². The fraction of sp³-hybridized carbons (Fsp3) is 0.0455. The van der Waals surface area contributed by atoms with E-state index in [-0.39, 0.29) is 0 Å². The summed E-state index contributed by atoms with van der Waals surface area (Å²) in [5.41, 5.74) is 2.99. The number of hydrogen-bond acceptors (Lipinski definition) is 2. The minimum absolute atomic E-state index is 0.635. The Kier molecular flexibility index (Phi) is 5.13. The van der Waals surface area contributed by atoms with Crippen molar-refractivity contribution in [1.29, 1.82) is 5.26 Å². The molecule has 0 saturated carbocycles. The predicted molar refractivity (Wildman–Crippen MR) is 113 cm³/mol. The lowest BCUT2D eigenvalue weighted by Gasteiger charge is -2.09. The van der Waals surface area contributed by atoms with Crippen LogP contribution in [0.15, 0.2) is 82.7 Å². The highest BCUT2D eigenvalue weighted by Crippen LogP contribution is 2.38. The number of fused-ring (bicyclic) bond motifs is 1. The normalized spacial score (nSPS) is 10.9. The Morgan fingerprint density at radius 3 is 2.48 bits per heavy atom. The predicted octanol–water partition coefficient (Wildman–Crippen LogP) is 7.02. The van der Waals surface area contributed by atoms with Crippen LogP contribution in [0, 0.1) is 11.3 Å². The lowest BCUT2D eigenvalue weighted by molar-refractivity contribution is 0.836. The number of nitrogens with zero attached hydrogens (tertiary/aromatic N) is 2. The van der Waals surface area contributed by atoms with E-state index in [4.69, 9.17) is 28.5 Å². The van der Waals surface area contributed by atoms with Gasteiger partial charge in [-0.3, -0.25) is 0 Å². The molecule has 27 heavy (non-hydrogen) atoms. The molecule has 5 heteroatoms. The topological polar surface area (TPSA) is 28.7 Å². The average Bonchev–Trinajstić information content (AvgIpc) is 3.08. The number of aromatic nitrogens is 1. The van der Waals surface area contributed by atoms with Crippen molar-refractivity contribution < 1.29 is 0 Å². The monoisotopic (exact) mass is 408 g/mol. The summed E-state index contributed by atoms with van der Waals surface area (Å²) in [5.74, 6) is 0. The van der Waals surface area contributed by atoms with Crippen LogP contribution in [-0.2, 0) is 6.54 Å². The Labute approximate surface area is 171 Å². The van der Waals surface area contributed by atoms with Gasteiger partial charge in [0.15, 0.2) is 0 Å². The maximum atomic E-state index is 8.94. The third kappa shape index (κ3) is 3.84. The first-order chi connectivity index (χ1) is 13.1. The second kappa shape index (κ2) is 7.70. The first-order valence-corrected chi connectivity index (χ1v) is 9.91. The van der Waals surface area contributed by atoms with Gasteiger partial charge >= 0.3 is 0 Å². The molecule has 0 saturated heterocycles. The van der Waals surface area contributed by atoms with Gasteiger partial charge < -0.3 is 4.57 Å². The molecule has 4 aromatic rings. The van der Waals surface area contributed by atoms with Gasteiger partial charge in [0.25, 0.3) is 0 Å². The van der Waals surface area contributed by atoms with E-state index in [2.05, 4.69) is 41.1 Å². The third-order valence-corrected chi connectivity index (χ3v) is 6.14. The molecule has 1 heterocycles. The van der Waals surface area contributed by atoms with Crippen molar-refractivity contribution >= 4 is 45.9 Å². The number of benzene rings is 3. The maximum Gasteiger partial charge on any atom is 0.0991 e. The Morgan fingerprint density at radius 1 is 0.926 bits per heavy atom. The highest BCUT2D eigenvalue weighted by Gasteiger charge is 2.10. The lowest BCUT2D eigenvalue weighted by Crippen LogP contribution is -1.97. The SMILES string of the molecule is N#Cc1ccc(Cn2ccc3c(Sc4ccc(Cl)cc4Cl)cccc32)cc1. The van der Waals surface area contributed by atoms with Crippen molar-refractivity contribution in [3.63, 3.8) is 0 Å². The molecular formula is C22H14Cl2N2S. The van der Waals surface area contributed by atoms with E-state index in [9.17, 15) is 0 Å². The zero-order valence-corrected chi connectivity index (χ0v) is 16.5. The summed E-state index contributed by atoms with van der Waals surface area (Å²) in [6.07, 6.45) is 2.09. The van der Waals surface area contributed by atoms with Gasteiger partial charge in [0.2, 0.25) is 0 Å². The van der Waals surface area contributed by atoms with E-state index in [1.165, 1.54) is 5.39 Å². The highest BCUT2D eigenvalue weighted by atomic mass is 35.5. The average molecular weight is 409 g/mol. The molecule has 0 aliphatic heterocycles. The first-order valence-electron chi connectivity index (χ1n) is 8.34. The van der Waals surface area contributed by atoms with E-state index in [0.29, 0.717) is 15.6 Å². The van der Waals surface area contributed by atoms with Crippen LogP contribution in [0.25, 0.3) is 10.9 Å². The minimum atomic E-state index is 0.635. The van der Waals surface area contributed by atoms with Crippen LogP contribution in [0.5, 0.6) is 0 Å². The zero-order chi connectivity index (χ0) is 18.8. The molecule has 0 fully saturated rings. The van der Waals surface area contributed by atoms with Gasteiger partial charge in [0, 0.05) is 38.5 Å². The van der Waals surface area contributed by atoms with Crippen LogP contribution in [0.3, 0.4) is 0 Å². The van der Waals surface area contributed by atoms with Gasteiger partial charge in [0.1, 0.15) is 0 Å². The Bertz CT molecular complexity index is 1160. The van der Waals surface area contributed by atoms with Gasteiger partial charge in [-0.1, -0.05) is 53.2 Å². The van der Waals surface area contributed by atoms with Crippen molar-refractivity contribution in [3.8, 4) is 6.07 Å². The second-order valence-electron chi connectivity index (χ2n) is 6.12. The molecule has 0 spiro atoms. The summed E-state index contributed by atoms with van der Waals surface area (Å²) >= 11 is 14.0. The largest absolute Gasteiger partial charge is 0.343 e. The van der Waals surface area contributed by atoms with Crippen molar-refractivity contribution in [2.45, 2.75) is 16.3 Å². The molecule has 0 aliphatic carbocycles. The molecule has 2 nitrogen and oxygen atoms in total. The Hall–Kier alpha value is -2.38. The summed E-state index contributed by atoms with van der Waals surface area (Å²) in [7, 11) is 0. The molecular weight excluding hydrogens is 395 g/mol. The fourth-order valence-electron chi connectivity index (χ4n) is 2.98. The van der Waals surface area contributed by atoms with Crippen molar-refractivity contribution in [2.75, 3.05) is 0 Å². The first kappa shape index (κ1) is 18.0. The van der Waals surface area contributed by atoms with Crippen LogP contribution in [0.1, 0.15) is 11.1 Å². The molecule has 3 aromatic carbocycles. The lowest BCUT2D eigenvalue weighted by atomic mass is 10.1. The van der Waals surface area contributed by atoms with Gasteiger partial charge in [-0.2, -0.15) is 5.26 Å². The smallest absolute Gasteiger partial charge is 0.0991 e. The number of nitriles is 1. The summed E-state index contributed by atoms with van der Waals surface area (Å²) < 4.78 is 2.21. The molecule has 0 N–H and O–H groups in total. The summed E-state index contributed by atoms with van der Waals surface area (Å²) in [5, 5.41) is 11.4. The van der Waals surface area contributed by atoms with Gasteiger partial charge in [-0.05, 0) is 54.1 Å². The standard InChI is InChI=1S/C22H14Cl2N2S/c23-17-8-9-22(19(24)12-17)27-21-3-1-2-20-18(21)10-11-26(20)14-16-6-4-15(13-25)5-7-16/h1-12H,14H2. The van der Waals surface area contributed by atoms with E-state index < -0.39 is 0 Å². The summed E-state index contributed by atoms with van der Waals surface area (Å²) in [6, 6.07) is 23.8. The number of rotatable bonds is 4. The van der Waals surface area contributed by atoms with Crippen molar-refractivity contribution in [3.05, 3.63) is 94.1 Å². The summed E-state index contributed by atoms with van der Waals surface area (Å²) in [4.78, 5) is 2.13. The molecule has 0 radical (unpaired) electrons. The second-order valence-corrected chi connectivity index (χ2v) is 8.05. The number of hydrogen-bond donors (Lipinski definition) is 0. The van der Waals surface area contributed by atoms with Crippen LogP contribution >= 0.6 is 35.0 Å². The molecule has 0 aliphatic rings. The maximum absolute atomic E-state index is 8.94. The Morgan fingerprint density at radius 2 is 1.74 bits per heavy atom. The molecule has 1 aromatic heterocycles. The van der Waals surface area contributed by atoms with Crippen LogP contribution in [0.2, 0.25) is 10.0 Å². The zero-order valence-electron chi connectivity index (χ0n) is 14.2. The molecule has 132 valence electrons. The highest BCUT2D eigenvalue weighted by molar-refractivity contribution is 7.99. The molecule has 4 rings (SSSR count). The number of halogens is 2. The third-order valence-electron chi connectivity index (χ3n) is 4.32. The molecule has 0 amide bonds. The van der Waals surface area contributed by atoms with Gasteiger partial charge in [-0.15, -0.1) is 0 Å². The van der Waals surface area contributed by atoms with Crippen molar-refractivity contribution in [2.24, 2.45) is 0 Å².